The number of nitrogens with one attached hydrogen (secondary N) is 2. The van der Waals surface area contributed by atoms with Gasteiger partial charge in [-0.1, -0.05) is 0 Å². The average Bonchev–Trinajstić information content (AvgIpc) is 2.72. The number of carbonyl (C=O) groups is 2. The van der Waals surface area contributed by atoms with Gasteiger partial charge in [-0.3, -0.25) is 9.59 Å². The minimum absolute atomic E-state index is 0.0106. The Labute approximate surface area is 189 Å². The maximum Gasteiger partial charge on any atom is 0.433 e. The molecule has 1 aliphatic rings. The highest BCUT2D eigenvalue weighted by atomic mass is 19.4. The molecule has 1 aliphatic heterocycles. The van der Waals surface area contributed by atoms with Crippen molar-refractivity contribution < 1.29 is 40.3 Å². The number of rotatable bonds is 4. The van der Waals surface area contributed by atoms with E-state index in [0.29, 0.717) is 12.1 Å². The second kappa shape index (κ2) is 9.47. The van der Waals surface area contributed by atoms with E-state index < -0.39 is 59.1 Å². The molecule has 0 aliphatic carbocycles. The van der Waals surface area contributed by atoms with Gasteiger partial charge in [-0.2, -0.15) is 26.3 Å². The smallest absolute Gasteiger partial charge is 0.380 e. The lowest BCUT2D eigenvalue weighted by Crippen LogP contribution is -2.55. The third-order valence-corrected chi connectivity index (χ3v) is 5.11. The first-order valence-corrected chi connectivity index (χ1v) is 9.97. The van der Waals surface area contributed by atoms with Crippen LogP contribution in [-0.2, 0) is 17.1 Å². The number of anilines is 1. The van der Waals surface area contributed by atoms with Crippen molar-refractivity contribution in [1.29, 1.82) is 0 Å². The summed E-state index contributed by atoms with van der Waals surface area (Å²) in [4.78, 5) is 28.4. The van der Waals surface area contributed by atoms with Crippen LogP contribution < -0.4 is 10.6 Å². The molecule has 13 heteroatoms. The Bertz CT molecular complexity index is 1020. The molecule has 1 aromatic heterocycles. The van der Waals surface area contributed by atoms with Crippen LogP contribution in [0.3, 0.4) is 0 Å². The zero-order chi connectivity index (χ0) is 25.3. The zero-order valence-corrected chi connectivity index (χ0v) is 17.6. The number of hydrogen-bond donors (Lipinski definition) is 2. The molecule has 1 fully saturated rings. The second-order valence-corrected chi connectivity index (χ2v) is 7.80. The molecule has 0 bridgehead atoms. The number of amides is 2. The Balaban J connectivity index is 1.82. The van der Waals surface area contributed by atoms with Gasteiger partial charge in [0, 0.05) is 43.3 Å². The van der Waals surface area contributed by atoms with Crippen molar-refractivity contribution in [2.75, 3.05) is 18.4 Å². The third kappa shape index (κ3) is 6.35. The molecular formula is C21H19F7N4O2. The summed E-state index contributed by atoms with van der Waals surface area (Å²) < 4.78 is 91.6. The standard InChI is InChI=1S/C21H19F7N4O2/c1-11(33)32-9-15(6-16(10-32)30-19(34)12-2-4-13(22)5-3-12)29-14-7-17(20(23,24)25)31-18(8-14)21(26,27)28/h2-5,7-8,15-16H,6,9-10H2,1H3,(H,29,31)(H,30,34)/t15-,16+/m1/s1. The molecule has 2 amide bonds. The topological polar surface area (TPSA) is 74.3 Å². The highest BCUT2D eigenvalue weighted by Gasteiger charge is 2.39. The van der Waals surface area contributed by atoms with Crippen molar-refractivity contribution >= 4 is 17.5 Å². The van der Waals surface area contributed by atoms with E-state index in [0.717, 1.165) is 12.1 Å². The van der Waals surface area contributed by atoms with E-state index in [1.165, 1.54) is 24.0 Å². The second-order valence-electron chi connectivity index (χ2n) is 7.80. The summed E-state index contributed by atoms with van der Waals surface area (Å²) in [6, 6.07) is 4.13. The summed E-state index contributed by atoms with van der Waals surface area (Å²) in [6.07, 6.45) is -10.1. The molecule has 0 radical (unpaired) electrons. The Morgan fingerprint density at radius 3 is 1.97 bits per heavy atom. The molecule has 1 aromatic carbocycles. The van der Waals surface area contributed by atoms with E-state index in [9.17, 15) is 40.3 Å². The monoisotopic (exact) mass is 492 g/mol. The number of benzene rings is 1. The highest BCUT2D eigenvalue weighted by Crippen LogP contribution is 2.35. The summed E-state index contributed by atoms with van der Waals surface area (Å²) >= 11 is 0. The predicted molar refractivity (Wildman–Crippen MR) is 106 cm³/mol. The molecule has 0 spiro atoms. The van der Waals surface area contributed by atoms with E-state index in [1.54, 1.807) is 0 Å². The van der Waals surface area contributed by atoms with E-state index in [2.05, 4.69) is 15.6 Å². The van der Waals surface area contributed by atoms with Gasteiger partial charge >= 0.3 is 12.4 Å². The van der Waals surface area contributed by atoms with Gasteiger partial charge < -0.3 is 15.5 Å². The molecule has 2 aromatic rings. The summed E-state index contributed by atoms with van der Waals surface area (Å²) in [5.74, 6) is -1.51. The fraction of sp³-hybridized carbons (Fsp3) is 0.381. The Hall–Kier alpha value is -3.38. The summed E-state index contributed by atoms with van der Waals surface area (Å²) in [6.45, 7) is 1.32. The Morgan fingerprint density at radius 1 is 0.941 bits per heavy atom. The van der Waals surface area contributed by atoms with Gasteiger partial charge in [0.25, 0.3) is 5.91 Å². The molecule has 6 nitrogen and oxygen atoms in total. The van der Waals surface area contributed by atoms with E-state index in [1.807, 2.05) is 0 Å². The maximum absolute atomic E-state index is 13.1. The van der Waals surface area contributed by atoms with E-state index in [-0.39, 0.29) is 25.1 Å². The minimum atomic E-state index is -5.11. The van der Waals surface area contributed by atoms with Gasteiger partial charge in [0.1, 0.15) is 17.2 Å². The van der Waals surface area contributed by atoms with Gasteiger partial charge in [-0.05, 0) is 42.8 Å². The van der Waals surface area contributed by atoms with E-state index >= 15 is 0 Å². The average molecular weight is 492 g/mol. The van der Waals surface area contributed by atoms with Crippen LogP contribution in [-0.4, -0.2) is 46.9 Å². The number of piperidine rings is 1. The van der Waals surface area contributed by atoms with Crippen LogP contribution in [0, 0.1) is 5.82 Å². The van der Waals surface area contributed by atoms with Crippen LogP contribution in [0.15, 0.2) is 36.4 Å². The summed E-state index contributed by atoms with van der Waals surface area (Å²) in [7, 11) is 0. The van der Waals surface area contributed by atoms with Gasteiger partial charge in [-0.15, -0.1) is 0 Å². The minimum Gasteiger partial charge on any atom is -0.380 e. The number of likely N-dealkylation sites (tertiary alicyclic amines) is 1. The molecule has 2 atom stereocenters. The molecule has 2 N–H and O–H groups in total. The number of halogens is 7. The van der Waals surface area contributed by atoms with Gasteiger partial charge in [0.05, 0.1) is 0 Å². The van der Waals surface area contributed by atoms with Crippen LogP contribution in [0.2, 0.25) is 0 Å². The molecule has 0 saturated carbocycles. The van der Waals surface area contributed by atoms with Crippen LogP contribution >= 0.6 is 0 Å². The molecule has 3 rings (SSSR count). The van der Waals surface area contributed by atoms with Crippen LogP contribution in [0.25, 0.3) is 0 Å². The Morgan fingerprint density at radius 2 is 1.47 bits per heavy atom. The lowest BCUT2D eigenvalue weighted by Gasteiger charge is -2.38. The quantitative estimate of drug-likeness (QED) is 0.631. The summed E-state index contributed by atoms with van der Waals surface area (Å²) in [5, 5.41) is 5.27. The molecule has 2 heterocycles. The number of hydrogen-bond acceptors (Lipinski definition) is 4. The van der Waals surface area contributed by atoms with Gasteiger partial charge in [0.15, 0.2) is 0 Å². The number of carbonyl (C=O) groups excluding carboxylic acids is 2. The van der Waals surface area contributed by atoms with Crippen LogP contribution in [0.5, 0.6) is 0 Å². The number of aromatic nitrogens is 1. The lowest BCUT2D eigenvalue weighted by molar-refractivity contribution is -0.150. The van der Waals surface area contributed by atoms with Crippen molar-refractivity contribution in [3.8, 4) is 0 Å². The molecule has 184 valence electrons. The molecule has 34 heavy (non-hydrogen) atoms. The fourth-order valence-corrected chi connectivity index (χ4v) is 3.58. The number of pyridine rings is 1. The highest BCUT2D eigenvalue weighted by molar-refractivity contribution is 5.94. The first-order chi connectivity index (χ1) is 15.7. The Kier molecular flexibility index (Phi) is 7.03. The number of alkyl halides is 6. The van der Waals surface area contributed by atoms with Crippen molar-refractivity contribution in [3.63, 3.8) is 0 Å². The first kappa shape index (κ1) is 25.2. The normalized spacial score (nSPS) is 19.0. The fourth-order valence-electron chi connectivity index (χ4n) is 3.58. The molecular weight excluding hydrogens is 473 g/mol. The van der Waals surface area contributed by atoms with Crippen LogP contribution in [0.1, 0.15) is 35.1 Å². The lowest BCUT2D eigenvalue weighted by atomic mass is 9.99. The van der Waals surface area contributed by atoms with Crippen LogP contribution in [0.4, 0.5) is 36.4 Å². The van der Waals surface area contributed by atoms with Gasteiger partial charge in [0.2, 0.25) is 5.91 Å². The van der Waals surface area contributed by atoms with Crippen molar-refractivity contribution in [1.82, 2.24) is 15.2 Å². The SMILES string of the molecule is CC(=O)N1C[C@@H](NC(=O)c2ccc(F)cc2)C[C@@H](Nc2cc(C(F)(F)F)nc(C(F)(F)F)c2)C1. The van der Waals surface area contributed by atoms with Crippen molar-refractivity contribution in [2.24, 2.45) is 0 Å². The predicted octanol–water partition coefficient (Wildman–Crippen LogP) is 4.09. The molecule has 1 saturated heterocycles. The van der Waals surface area contributed by atoms with Gasteiger partial charge in [-0.25, -0.2) is 9.37 Å². The zero-order valence-electron chi connectivity index (χ0n) is 17.6. The largest absolute Gasteiger partial charge is 0.433 e. The first-order valence-electron chi connectivity index (χ1n) is 9.97. The molecule has 0 unspecified atom stereocenters. The number of nitrogens with zero attached hydrogens (tertiary/aromatic N) is 2. The van der Waals surface area contributed by atoms with Crippen molar-refractivity contribution in [2.45, 2.75) is 37.8 Å². The van der Waals surface area contributed by atoms with E-state index in [4.69, 9.17) is 0 Å². The third-order valence-electron chi connectivity index (χ3n) is 5.11. The maximum atomic E-state index is 13.1. The van der Waals surface area contributed by atoms with Crippen molar-refractivity contribution in [3.05, 3.63) is 59.2 Å². The summed E-state index contributed by atoms with van der Waals surface area (Å²) in [5.41, 5.74) is -3.77.